The zero-order valence-corrected chi connectivity index (χ0v) is 15.1. The summed E-state index contributed by atoms with van der Waals surface area (Å²) in [7, 11) is 0. The summed E-state index contributed by atoms with van der Waals surface area (Å²) in [6.45, 7) is 4.15. The molecule has 2 N–H and O–H groups in total. The maximum absolute atomic E-state index is 12.5. The summed E-state index contributed by atoms with van der Waals surface area (Å²) < 4.78 is 0. The second kappa shape index (κ2) is 8.11. The Morgan fingerprint density at radius 3 is 2.59 bits per heavy atom. The SMILES string of the molecule is CC(C)c1ccccc1NC(=O)c1cnc(Nc2cccc(C#N)c2)cn1. The van der Waals surface area contributed by atoms with Gasteiger partial charge in [0.15, 0.2) is 0 Å². The number of nitrogens with zero attached hydrogens (tertiary/aromatic N) is 3. The standard InChI is InChI=1S/C21H19N5O/c1-14(2)17-8-3-4-9-18(17)26-21(27)19-12-24-20(13-23-19)25-16-7-5-6-15(10-16)11-22/h3-10,12-14H,1-2H3,(H,24,25)(H,26,27). The van der Waals surface area contributed by atoms with Gasteiger partial charge in [0, 0.05) is 11.4 Å². The van der Waals surface area contributed by atoms with E-state index in [1.54, 1.807) is 18.2 Å². The van der Waals surface area contributed by atoms with Gasteiger partial charge in [-0.3, -0.25) is 4.79 Å². The quantitative estimate of drug-likeness (QED) is 0.703. The molecular formula is C21H19N5O. The lowest BCUT2D eigenvalue weighted by atomic mass is 10.0. The molecule has 0 saturated heterocycles. The number of hydrogen-bond acceptors (Lipinski definition) is 5. The third kappa shape index (κ3) is 4.47. The second-order valence-corrected chi connectivity index (χ2v) is 6.30. The molecule has 0 unspecified atom stereocenters. The first-order valence-electron chi connectivity index (χ1n) is 8.56. The molecule has 0 bridgehead atoms. The number of carbonyl (C=O) groups is 1. The first kappa shape index (κ1) is 18.1. The fourth-order valence-corrected chi connectivity index (χ4v) is 2.62. The summed E-state index contributed by atoms with van der Waals surface area (Å²) in [5, 5.41) is 14.9. The minimum atomic E-state index is -0.311. The molecule has 3 rings (SSSR count). The van der Waals surface area contributed by atoms with Gasteiger partial charge in [0.1, 0.15) is 11.5 Å². The average molecular weight is 357 g/mol. The molecule has 0 spiro atoms. The molecule has 6 nitrogen and oxygen atoms in total. The lowest BCUT2D eigenvalue weighted by Crippen LogP contribution is -2.15. The first-order chi connectivity index (χ1) is 13.1. The maximum atomic E-state index is 12.5. The van der Waals surface area contributed by atoms with Crippen molar-refractivity contribution in [1.29, 1.82) is 5.26 Å². The van der Waals surface area contributed by atoms with Crippen molar-refractivity contribution < 1.29 is 4.79 Å². The van der Waals surface area contributed by atoms with E-state index in [4.69, 9.17) is 5.26 Å². The molecule has 2 aromatic carbocycles. The Morgan fingerprint density at radius 1 is 1.07 bits per heavy atom. The van der Waals surface area contributed by atoms with E-state index in [0.717, 1.165) is 16.9 Å². The van der Waals surface area contributed by atoms with Gasteiger partial charge in [0.05, 0.1) is 24.0 Å². The highest BCUT2D eigenvalue weighted by molar-refractivity contribution is 6.03. The number of carbonyl (C=O) groups excluding carboxylic acids is 1. The van der Waals surface area contributed by atoms with Crippen LogP contribution in [0.5, 0.6) is 0 Å². The van der Waals surface area contributed by atoms with Crippen molar-refractivity contribution in [2.45, 2.75) is 19.8 Å². The molecule has 3 aromatic rings. The highest BCUT2D eigenvalue weighted by atomic mass is 16.1. The van der Waals surface area contributed by atoms with Crippen molar-refractivity contribution in [2.75, 3.05) is 10.6 Å². The number of anilines is 3. The predicted octanol–water partition coefficient (Wildman–Crippen LogP) is 4.47. The Bertz CT molecular complexity index is 990. The van der Waals surface area contributed by atoms with Crippen molar-refractivity contribution >= 4 is 23.1 Å². The van der Waals surface area contributed by atoms with Crippen LogP contribution in [0.2, 0.25) is 0 Å². The molecule has 0 aliphatic carbocycles. The number of nitrogens with one attached hydrogen (secondary N) is 2. The van der Waals surface area contributed by atoms with Crippen molar-refractivity contribution in [1.82, 2.24) is 9.97 Å². The van der Waals surface area contributed by atoms with E-state index < -0.39 is 0 Å². The highest BCUT2D eigenvalue weighted by Gasteiger charge is 2.12. The number of nitriles is 1. The Morgan fingerprint density at radius 2 is 1.89 bits per heavy atom. The molecule has 0 fully saturated rings. The second-order valence-electron chi connectivity index (χ2n) is 6.30. The Labute approximate surface area is 157 Å². The van der Waals surface area contributed by atoms with E-state index in [2.05, 4.69) is 40.5 Å². The fraction of sp³-hybridized carbons (Fsp3) is 0.143. The van der Waals surface area contributed by atoms with Crippen LogP contribution in [0.4, 0.5) is 17.2 Å². The van der Waals surface area contributed by atoms with Crippen molar-refractivity contribution in [3.8, 4) is 6.07 Å². The fourth-order valence-electron chi connectivity index (χ4n) is 2.62. The summed E-state index contributed by atoms with van der Waals surface area (Å²) >= 11 is 0. The Kier molecular flexibility index (Phi) is 5.43. The molecule has 0 aliphatic heterocycles. The van der Waals surface area contributed by atoms with Gasteiger partial charge >= 0.3 is 0 Å². The monoisotopic (exact) mass is 357 g/mol. The van der Waals surface area contributed by atoms with Gasteiger partial charge in [0.25, 0.3) is 5.91 Å². The molecular weight excluding hydrogens is 338 g/mol. The van der Waals surface area contributed by atoms with Gasteiger partial charge in [0.2, 0.25) is 0 Å². The van der Waals surface area contributed by atoms with E-state index in [0.29, 0.717) is 17.3 Å². The van der Waals surface area contributed by atoms with Crippen LogP contribution >= 0.6 is 0 Å². The maximum Gasteiger partial charge on any atom is 0.275 e. The molecule has 134 valence electrons. The lowest BCUT2D eigenvalue weighted by molar-refractivity contribution is 0.102. The predicted molar refractivity (Wildman–Crippen MR) is 105 cm³/mol. The largest absolute Gasteiger partial charge is 0.339 e. The van der Waals surface area contributed by atoms with E-state index in [1.807, 2.05) is 30.3 Å². The summed E-state index contributed by atoms with van der Waals surface area (Å²) in [5.74, 6) is 0.473. The molecule has 0 saturated carbocycles. The molecule has 0 radical (unpaired) electrons. The molecule has 1 heterocycles. The number of hydrogen-bond donors (Lipinski definition) is 2. The summed E-state index contributed by atoms with van der Waals surface area (Å²) in [4.78, 5) is 20.9. The number of rotatable bonds is 5. The third-order valence-corrected chi connectivity index (χ3v) is 3.98. The van der Waals surface area contributed by atoms with Crippen LogP contribution in [-0.4, -0.2) is 15.9 Å². The average Bonchev–Trinajstić information content (AvgIpc) is 2.69. The van der Waals surface area contributed by atoms with Gasteiger partial charge in [-0.1, -0.05) is 38.1 Å². The molecule has 0 atom stereocenters. The van der Waals surface area contributed by atoms with E-state index in [-0.39, 0.29) is 11.6 Å². The molecule has 27 heavy (non-hydrogen) atoms. The van der Waals surface area contributed by atoms with Crippen LogP contribution in [0.15, 0.2) is 60.9 Å². The van der Waals surface area contributed by atoms with Crippen LogP contribution in [0.25, 0.3) is 0 Å². The minimum Gasteiger partial charge on any atom is -0.339 e. The molecule has 6 heteroatoms. The number of aromatic nitrogens is 2. The first-order valence-corrected chi connectivity index (χ1v) is 8.56. The topological polar surface area (TPSA) is 90.7 Å². The molecule has 0 aliphatic rings. The van der Waals surface area contributed by atoms with Gasteiger partial charge in [-0.05, 0) is 35.7 Å². The summed E-state index contributed by atoms with van der Waals surface area (Å²) in [5.41, 5.74) is 3.34. The van der Waals surface area contributed by atoms with Crippen molar-refractivity contribution in [2.24, 2.45) is 0 Å². The highest BCUT2D eigenvalue weighted by Crippen LogP contribution is 2.24. The number of para-hydroxylation sites is 1. The number of amides is 1. The zero-order valence-electron chi connectivity index (χ0n) is 15.1. The minimum absolute atomic E-state index is 0.227. The van der Waals surface area contributed by atoms with Crippen LogP contribution in [0, 0.1) is 11.3 Å². The molecule has 1 aromatic heterocycles. The van der Waals surface area contributed by atoms with E-state index >= 15 is 0 Å². The van der Waals surface area contributed by atoms with Gasteiger partial charge < -0.3 is 10.6 Å². The zero-order chi connectivity index (χ0) is 19.2. The van der Waals surface area contributed by atoms with Gasteiger partial charge in [-0.2, -0.15) is 5.26 Å². The van der Waals surface area contributed by atoms with Crippen molar-refractivity contribution in [3.63, 3.8) is 0 Å². The summed E-state index contributed by atoms with van der Waals surface area (Å²) in [6.07, 6.45) is 2.91. The van der Waals surface area contributed by atoms with Crippen LogP contribution < -0.4 is 10.6 Å². The van der Waals surface area contributed by atoms with E-state index in [9.17, 15) is 4.79 Å². The number of benzene rings is 2. The van der Waals surface area contributed by atoms with E-state index in [1.165, 1.54) is 12.4 Å². The smallest absolute Gasteiger partial charge is 0.275 e. The van der Waals surface area contributed by atoms with Crippen LogP contribution in [-0.2, 0) is 0 Å². The van der Waals surface area contributed by atoms with Crippen molar-refractivity contribution in [3.05, 3.63) is 77.7 Å². The van der Waals surface area contributed by atoms with Gasteiger partial charge in [-0.15, -0.1) is 0 Å². The lowest BCUT2D eigenvalue weighted by Gasteiger charge is -2.13. The van der Waals surface area contributed by atoms with Crippen LogP contribution in [0.3, 0.4) is 0 Å². The van der Waals surface area contributed by atoms with Crippen LogP contribution in [0.1, 0.15) is 41.4 Å². The molecule has 1 amide bonds. The summed E-state index contributed by atoms with van der Waals surface area (Å²) in [6, 6.07) is 16.8. The Balaban J connectivity index is 1.72. The Hall–Kier alpha value is -3.72. The third-order valence-electron chi connectivity index (χ3n) is 3.98. The normalized spacial score (nSPS) is 10.3. The van der Waals surface area contributed by atoms with Gasteiger partial charge in [-0.25, -0.2) is 9.97 Å².